The lowest BCUT2D eigenvalue weighted by Gasteiger charge is -2.33. The molecule has 3 rings (SSSR count). The molecule has 0 N–H and O–H groups in total. The number of carbonyl (C=O) groups excluding carboxylic acids is 2. The van der Waals surface area contributed by atoms with Gasteiger partial charge in [0.05, 0.1) is 19.3 Å². The SMILES string of the molecule is CCOC(=O)/C=C(\C(=O)OCC)N1C=C(Br)c2ccccc2C1C#Cc1ccccc1. The molecule has 1 unspecified atom stereocenters. The number of halogens is 1. The molecule has 5 nitrogen and oxygen atoms in total. The number of hydrogen-bond acceptors (Lipinski definition) is 5. The number of hydrogen-bond donors (Lipinski definition) is 0. The summed E-state index contributed by atoms with van der Waals surface area (Å²) in [6, 6.07) is 16.9. The molecule has 6 heteroatoms. The smallest absolute Gasteiger partial charge is 0.355 e. The lowest BCUT2D eigenvalue weighted by molar-refractivity contribution is -0.142. The van der Waals surface area contributed by atoms with E-state index in [1.165, 1.54) is 0 Å². The van der Waals surface area contributed by atoms with Crippen molar-refractivity contribution < 1.29 is 19.1 Å². The first kappa shape index (κ1) is 22.4. The summed E-state index contributed by atoms with van der Waals surface area (Å²) in [6.07, 6.45) is 2.90. The normalized spacial score (nSPS) is 15.2. The first-order valence-corrected chi connectivity index (χ1v) is 10.7. The Morgan fingerprint density at radius 2 is 1.71 bits per heavy atom. The van der Waals surface area contributed by atoms with Gasteiger partial charge in [0.2, 0.25) is 0 Å². The second kappa shape index (κ2) is 10.6. The molecule has 1 heterocycles. The molecule has 158 valence electrons. The summed E-state index contributed by atoms with van der Waals surface area (Å²) in [6.45, 7) is 3.79. The van der Waals surface area contributed by atoms with Gasteiger partial charge >= 0.3 is 11.9 Å². The number of carbonyl (C=O) groups is 2. The number of ether oxygens (including phenoxy) is 2. The highest BCUT2D eigenvalue weighted by atomic mass is 79.9. The zero-order chi connectivity index (χ0) is 22.2. The van der Waals surface area contributed by atoms with Gasteiger partial charge in [0, 0.05) is 16.2 Å². The van der Waals surface area contributed by atoms with Crippen LogP contribution in [-0.2, 0) is 19.1 Å². The van der Waals surface area contributed by atoms with E-state index < -0.39 is 18.0 Å². The van der Waals surface area contributed by atoms with Crippen LogP contribution in [0.5, 0.6) is 0 Å². The molecule has 0 spiro atoms. The van der Waals surface area contributed by atoms with Gasteiger partial charge in [-0.3, -0.25) is 0 Å². The van der Waals surface area contributed by atoms with Crippen LogP contribution in [0.4, 0.5) is 0 Å². The largest absolute Gasteiger partial charge is 0.463 e. The van der Waals surface area contributed by atoms with E-state index in [9.17, 15) is 9.59 Å². The molecule has 1 atom stereocenters. The number of esters is 2. The van der Waals surface area contributed by atoms with E-state index in [0.29, 0.717) is 0 Å². The maximum absolute atomic E-state index is 12.8. The fourth-order valence-corrected chi connectivity index (χ4v) is 3.72. The molecular weight excluding hydrogens is 458 g/mol. The van der Waals surface area contributed by atoms with Gasteiger partial charge in [-0.2, -0.15) is 0 Å². The summed E-state index contributed by atoms with van der Waals surface area (Å²) < 4.78 is 11.0. The predicted molar refractivity (Wildman–Crippen MR) is 123 cm³/mol. The summed E-state index contributed by atoms with van der Waals surface area (Å²) >= 11 is 3.58. The van der Waals surface area contributed by atoms with Crippen LogP contribution in [0.25, 0.3) is 4.48 Å². The number of rotatable bonds is 5. The van der Waals surface area contributed by atoms with Gasteiger partial charge in [-0.25, -0.2) is 9.59 Å². The molecule has 2 aromatic carbocycles. The minimum absolute atomic E-state index is 0.0547. The lowest BCUT2D eigenvalue weighted by Crippen LogP contribution is -2.31. The van der Waals surface area contributed by atoms with Crippen molar-refractivity contribution >= 4 is 32.4 Å². The van der Waals surface area contributed by atoms with E-state index in [-0.39, 0.29) is 18.9 Å². The Kier molecular flexibility index (Phi) is 7.69. The van der Waals surface area contributed by atoms with Crippen LogP contribution in [-0.4, -0.2) is 30.1 Å². The van der Waals surface area contributed by atoms with Crippen LogP contribution in [0.1, 0.15) is 36.6 Å². The predicted octanol–water partition coefficient (Wildman–Crippen LogP) is 4.80. The fourth-order valence-electron chi connectivity index (χ4n) is 3.14. The van der Waals surface area contributed by atoms with Gasteiger partial charge in [0.15, 0.2) is 0 Å². The van der Waals surface area contributed by atoms with Crippen LogP contribution < -0.4 is 0 Å². The van der Waals surface area contributed by atoms with E-state index in [1.54, 1.807) is 24.9 Å². The lowest BCUT2D eigenvalue weighted by atomic mass is 9.95. The van der Waals surface area contributed by atoms with Gasteiger partial charge < -0.3 is 14.4 Å². The average molecular weight is 480 g/mol. The number of benzene rings is 2. The molecule has 1 aliphatic rings. The third-order valence-electron chi connectivity index (χ3n) is 4.47. The number of fused-ring (bicyclic) bond motifs is 1. The quantitative estimate of drug-likeness (QED) is 0.350. The van der Waals surface area contributed by atoms with E-state index in [1.807, 2.05) is 54.6 Å². The standard InChI is InChI=1S/C25H22BrNO4/c1-3-30-24(28)16-23(25(29)31-4-2)27-17-21(26)19-12-8-9-13-20(19)22(27)15-14-18-10-6-5-7-11-18/h5-13,16-17,22H,3-4H2,1-2H3/b23-16+. The zero-order valence-corrected chi connectivity index (χ0v) is 18.9. The topological polar surface area (TPSA) is 55.8 Å². The molecule has 0 saturated carbocycles. The Balaban J connectivity index is 2.13. The Morgan fingerprint density at radius 1 is 1.03 bits per heavy atom. The summed E-state index contributed by atoms with van der Waals surface area (Å²) in [5.41, 5.74) is 2.77. The molecule has 0 aromatic heterocycles. The van der Waals surface area contributed by atoms with E-state index in [0.717, 1.165) is 27.2 Å². The van der Waals surface area contributed by atoms with Crippen molar-refractivity contribution in [2.75, 3.05) is 13.2 Å². The Morgan fingerprint density at radius 3 is 2.42 bits per heavy atom. The van der Waals surface area contributed by atoms with E-state index >= 15 is 0 Å². The average Bonchev–Trinajstić information content (AvgIpc) is 2.78. The first-order valence-electron chi connectivity index (χ1n) is 9.92. The monoisotopic (exact) mass is 479 g/mol. The Labute approximate surface area is 190 Å². The molecule has 0 saturated heterocycles. The minimum atomic E-state index is -0.627. The van der Waals surface area contributed by atoms with Crippen molar-refractivity contribution in [1.82, 2.24) is 4.90 Å². The third-order valence-corrected chi connectivity index (χ3v) is 5.11. The molecule has 0 bridgehead atoms. The summed E-state index contributed by atoms with van der Waals surface area (Å²) in [5, 5.41) is 0. The highest BCUT2D eigenvalue weighted by Crippen LogP contribution is 2.39. The summed E-state index contributed by atoms with van der Waals surface area (Å²) in [4.78, 5) is 26.7. The molecule has 0 aliphatic carbocycles. The van der Waals surface area contributed by atoms with Crippen molar-refractivity contribution in [1.29, 1.82) is 0 Å². The molecule has 0 radical (unpaired) electrons. The molecule has 31 heavy (non-hydrogen) atoms. The number of nitrogens with zero attached hydrogens (tertiary/aromatic N) is 1. The fraction of sp³-hybridized carbons (Fsp3) is 0.200. The van der Waals surface area contributed by atoms with Crippen molar-refractivity contribution in [2.45, 2.75) is 19.9 Å². The van der Waals surface area contributed by atoms with Gasteiger partial charge in [0.25, 0.3) is 0 Å². The van der Waals surface area contributed by atoms with Gasteiger partial charge in [0.1, 0.15) is 11.7 Å². The minimum Gasteiger partial charge on any atom is -0.463 e. The summed E-state index contributed by atoms with van der Waals surface area (Å²) in [7, 11) is 0. The highest BCUT2D eigenvalue weighted by Gasteiger charge is 2.31. The molecule has 0 amide bonds. The van der Waals surface area contributed by atoms with E-state index in [2.05, 4.69) is 27.8 Å². The van der Waals surface area contributed by atoms with Crippen LogP contribution in [0.15, 0.2) is 72.6 Å². The highest BCUT2D eigenvalue weighted by molar-refractivity contribution is 9.15. The van der Waals surface area contributed by atoms with Crippen LogP contribution in [0.2, 0.25) is 0 Å². The Hall–Kier alpha value is -3.30. The van der Waals surface area contributed by atoms with Crippen LogP contribution in [0.3, 0.4) is 0 Å². The Bertz CT molecular complexity index is 1080. The van der Waals surface area contributed by atoms with E-state index in [4.69, 9.17) is 9.47 Å². The van der Waals surface area contributed by atoms with Gasteiger partial charge in [-0.1, -0.05) is 54.3 Å². The van der Waals surface area contributed by atoms with Crippen molar-refractivity contribution in [3.05, 3.63) is 89.3 Å². The van der Waals surface area contributed by atoms with Gasteiger partial charge in [-0.15, -0.1) is 0 Å². The second-order valence-corrected chi connectivity index (χ2v) is 7.37. The molecule has 0 fully saturated rings. The molecular formula is C25H22BrNO4. The van der Waals surface area contributed by atoms with Crippen LogP contribution in [0, 0.1) is 11.8 Å². The first-order chi connectivity index (χ1) is 15.0. The zero-order valence-electron chi connectivity index (χ0n) is 17.3. The molecule has 1 aliphatic heterocycles. The van der Waals surface area contributed by atoms with Crippen molar-refractivity contribution in [2.24, 2.45) is 0 Å². The van der Waals surface area contributed by atoms with Crippen LogP contribution >= 0.6 is 15.9 Å². The van der Waals surface area contributed by atoms with Gasteiger partial charge in [-0.05, 0) is 53.0 Å². The summed E-state index contributed by atoms with van der Waals surface area (Å²) in [5.74, 6) is 5.18. The maximum Gasteiger partial charge on any atom is 0.355 e. The molecule has 2 aromatic rings. The van der Waals surface area contributed by atoms with Crippen molar-refractivity contribution in [3.8, 4) is 11.8 Å². The second-order valence-electron chi connectivity index (χ2n) is 6.51. The third kappa shape index (κ3) is 5.44. The van der Waals surface area contributed by atoms with Crippen molar-refractivity contribution in [3.63, 3.8) is 0 Å². The maximum atomic E-state index is 12.8.